The highest BCUT2D eigenvalue weighted by Crippen LogP contribution is 2.30. The van der Waals surface area contributed by atoms with Crippen LogP contribution < -0.4 is 10.6 Å². The second kappa shape index (κ2) is 8.91. The summed E-state index contributed by atoms with van der Waals surface area (Å²) in [5, 5.41) is 17.2. The molecule has 3 heterocycles. The van der Waals surface area contributed by atoms with Crippen LogP contribution >= 0.6 is 23.2 Å². The Morgan fingerprint density at radius 1 is 0.967 bits per heavy atom. The van der Waals surface area contributed by atoms with E-state index in [1.54, 1.807) is 42.9 Å². The van der Waals surface area contributed by atoms with Gasteiger partial charge in [0.1, 0.15) is 17.6 Å². The lowest BCUT2D eigenvalue weighted by molar-refractivity contribution is 1.05. The van der Waals surface area contributed by atoms with Crippen LogP contribution in [0.4, 0.5) is 11.5 Å². The van der Waals surface area contributed by atoms with E-state index in [2.05, 4.69) is 30.6 Å². The Labute approximate surface area is 182 Å². The fourth-order valence-electron chi connectivity index (χ4n) is 2.85. The summed E-state index contributed by atoms with van der Waals surface area (Å²) < 4.78 is 0. The lowest BCUT2D eigenvalue weighted by Crippen LogP contribution is -2.15. The van der Waals surface area contributed by atoms with Gasteiger partial charge in [0, 0.05) is 36.1 Å². The first kappa shape index (κ1) is 19.8. The van der Waals surface area contributed by atoms with Gasteiger partial charge in [-0.15, -0.1) is 0 Å². The molecule has 0 unspecified atom stereocenters. The van der Waals surface area contributed by atoms with E-state index in [-0.39, 0.29) is 0 Å². The Kier molecular flexibility index (Phi) is 5.89. The summed E-state index contributed by atoms with van der Waals surface area (Å²) in [6.45, 7) is 1.21. The zero-order chi connectivity index (χ0) is 20.9. The normalized spacial score (nSPS) is 10.6. The minimum absolute atomic E-state index is 0.382. The van der Waals surface area contributed by atoms with Gasteiger partial charge < -0.3 is 10.6 Å². The van der Waals surface area contributed by atoms with Gasteiger partial charge in [0.25, 0.3) is 0 Å². The topological polar surface area (TPSA) is 99.4 Å². The van der Waals surface area contributed by atoms with E-state index < -0.39 is 0 Å². The third-order valence-corrected chi connectivity index (χ3v) is 4.84. The quantitative estimate of drug-likeness (QED) is 0.419. The lowest BCUT2D eigenvalue weighted by atomic mass is 10.2. The number of pyridine rings is 2. The molecule has 0 amide bonds. The van der Waals surface area contributed by atoms with Crippen molar-refractivity contribution in [3.63, 3.8) is 0 Å². The van der Waals surface area contributed by atoms with Gasteiger partial charge in [-0.25, -0.2) is 15.0 Å². The van der Waals surface area contributed by atoms with Crippen molar-refractivity contribution in [3.05, 3.63) is 70.7 Å². The smallest absolute Gasteiger partial charge is 0.163 e. The van der Waals surface area contributed by atoms with E-state index in [1.807, 2.05) is 18.2 Å². The molecule has 148 valence electrons. The Bertz CT molecular complexity index is 1240. The lowest BCUT2D eigenvalue weighted by Gasteiger charge is -2.12. The van der Waals surface area contributed by atoms with Crippen LogP contribution in [0.5, 0.6) is 0 Å². The van der Waals surface area contributed by atoms with E-state index in [0.29, 0.717) is 46.0 Å². The van der Waals surface area contributed by atoms with Gasteiger partial charge in [0.15, 0.2) is 5.82 Å². The third-order valence-electron chi connectivity index (χ3n) is 4.29. The molecular formula is C21H15Cl2N7. The van der Waals surface area contributed by atoms with Crippen LogP contribution in [-0.2, 0) is 0 Å². The molecule has 0 aliphatic carbocycles. The number of aromatic nitrogens is 4. The van der Waals surface area contributed by atoms with E-state index in [4.69, 9.17) is 28.5 Å². The van der Waals surface area contributed by atoms with E-state index in [9.17, 15) is 0 Å². The largest absolute Gasteiger partial charge is 0.382 e. The average molecular weight is 436 g/mol. The molecule has 4 rings (SSSR count). The maximum atomic E-state index is 8.82. The molecule has 0 aliphatic heterocycles. The number of benzene rings is 1. The van der Waals surface area contributed by atoms with Gasteiger partial charge in [0.05, 0.1) is 27.8 Å². The van der Waals surface area contributed by atoms with Gasteiger partial charge in [-0.3, -0.25) is 4.98 Å². The average Bonchev–Trinajstić information content (AvgIpc) is 2.77. The van der Waals surface area contributed by atoms with Crippen LogP contribution in [0.15, 0.2) is 55.0 Å². The maximum absolute atomic E-state index is 8.82. The van der Waals surface area contributed by atoms with Gasteiger partial charge in [-0.05, 0) is 36.4 Å². The molecule has 0 radical (unpaired) electrons. The number of rotatable bonds is 6. The second-order valence-corrected chi connectivity index (χ2v) is 7.15. The van der Waals surface area contributed by atoms with Gasteiger partial charge in [-0.2, -0.15) is 5.26 Å². The van der Waals surface area contributed by atoms with Crippen molar-refractivity contribution in [3.8, 4) is 17.5 Å². The molecule has 4 aromatic rings. The molecular weight excluding hydrogens is 421 g/mol. The monoisotopic (exact) mass is 435 g/mol. The highest BCUT2D eigenvalue weighted by atomic mass is 35.5. The maximum Gasteiger partial charge on any atom is 0.163 e. The second-order valence-electron chi connectivity index (χ2n) is 6.31. The fourth-order valence-corrected chi connectivity index (χ4v) is 3.34. The summed E-state index contributed by atoms with van der Waals surface area (Å²) in [6, 6.07) is 12.5. The third kappa shape index (κ3) is 4.40. The van der Waals surface area contributed by atoms with Crippen LogP contribution in [0.2, 0.25) is 10.0 Å². The van der Waals surface area contributed by atoms with Gasteiger partial charge in [0.2, 0.25) is 0 Å². The zero-order valence-electron chi connectivity index (χ0n) is 15.6. The molecule has 0 aliphatic rings. The Hall–Kier alpha value is -3.47. The van der Waals surface area contributed by atoms with Crippen LogP contribution in [-0.4, -0.2) is 33.0 Å². The number of hydrogen-bond donors (Lipinski definition) is 2. The van der Waals surface area contributed by atoms with Gasteiger partial charge in [-0.1, -0.05) is 23.2 Å². The summed E-state index contributed by atoms with van der Waals surface area (Å²) in [4.78, 5) is 17.5. The number of nitrogens with zero attached hydrogens (tertiary/aromatic N) is 5. The van der Waals surface area contributed by atoms with E-state index in [1.165, 1.54) is 0 Å². The predicted molar refractivity (Wildman–Crippen MR) is 119 cm³/mol. The summed E-state index contributed by atoms with van der Waals surface area (Å²) >= 11 is 12.4. The highest BCUT2D eigenvalue weighted by Gasteiger charge is 2.12. The first-order valence-electron chi connectivity index (χ1n) is 9.05. The summed E-state index contributed by atoms with van der Waals surface area (Å²) in [6.07, 6.45) is 5.04. The zero-order valence-corrected chi connectivity index (χ0v) is 17.1. The molecule has 0 fully saturated rings. The molecule has 0 bridgehead atoms. The molecule has 0 spiro atoms. The number of fused-ring (bicyclic) bond motifs is 1. The van der Waals surface area contributed by atoms with Crippen molar-refractivity contribution in [1.29, 1.82) is 5.26 Å². The summed E-state index contributed by atoms with van der Waals surface area (Å²) in [5.74, 6) is 1.16. The Balaban J connectivity index is 1.54. The van der Waals surface area contributed by atoms with Crippen LogP contribution in [0.1, 0.15) is 5.69 Å². The number of halogens is 2. The molecule has 2 N–H and O–H groups in total. The Morgan fingerprint density at radius 3 is 2.60 bits per heavy atom. The number of nitriles is 1. The SMILES string of the molecule is N#Cc1ccc(NCCNc2nc(-c3ccc(Cl)cc3Cl)nc3ccncc23)cn1. The van der Waals surface area contributed by atoms with Crippen molar-refractivity contribution >= 4 is 45.6 Å². The Morgan fingerprint density at radius 2 is 1.83 bits per heavy atom. The standard InChI is InChI=1S/C21H15Cl2N7/c22-13-1-4-16(18(23)9-13)21-29-19-5-6-25-12-17(19)20(30-21)27-8-7-26-15-3-2-14(10-24)28-11-15/h1-6,9,11-12,26H,7-8H2,(H,27,29,30). The number of anilines is 2. The van der Waals surface area contributed by atoms with E-state index >= 15 is 0 Å². The molecule has 9 heteroatoms. The molecule has 0 saturated carbocycles. The fraction of sp³-hybridized carbons (Fsp3) is 0.0952. The first-order chi connectivity index (χ1) is 14.6. The summed E-state index contributed by atoms with van der Waals surface area (Å²) in [7, 11) is 0. The highest BCUT2D eigenvalue weighted by molar-refractivity contribution is 6.36. The molecule has 3 aromatic heterocycles. The molecule has 7 nitrogen and oxygen atoms in total. The van der Waals surface area contributed by atoms with Crippen molar-refractivity contribution in [2.75, 3.05) is 23.7 Å². The predicted octanol–water partition coefficient (Wildman–Crippen LogP) is 4.79. The van der Waals surface area contributed by atoms with Gasteiger partial charge >= 0.3 is 0 Å². The van der Waals surface area contributed by atoms with E-state index in [0.717, 1.165) is 16.6 Å². The van der Waals surface area contributed by atoms with Crippen molar-refractivity contribution in [2.24, 2.45) is 0 Å². The number of nitrogens with one attached hydrogen (secondary N) is 2. The van der Waals surface area contributed by atoms with Crippen LogP contribution in [0.3, 0.4) is 0 Å². The number of hydrogen-bond acceptors (Lipinski definition) is 7. The molecule has 0 saturated heterocycles. The minimum atomic E-state index is 0.382. The molecule has 1 aromatic carbocycles. The minimum Gasteiger partial charge on any atom is -0.382 e. The van der Waals surface area contributed by atoms with Crippen molar-refractivity contribution < 1.29 is 0 Å². The molecule has 0 atom stereocenters. The molecule has 30 heavy (non-hydrogen) atoms. The van der Waals surface area contributed by atoms with Crippen LogP contribution in [0.25, 0.3) is 22.3 Å². The van der Waals surface area contributed by atoms with Crippen molar-refractivity contribution in [1.82, 2.24) is 19.9 Å². The van der Waals surface area contributed by atoms with Crippen molar-refractivity contribution in [2.45, 2.75) is 0 Å². The summed E-state index contributed by atoms with van der Waals surface area (Å²) in [5.41, 5.74) is 2.67. The first-order valence-corrected chi connectivity index (χ1v) is 9.81. The van der Waals surface area contributed by atoms with Crippen LogP contribution in [0, 0.1) is 11.3 Å².